The number of hydrogen-bond donors (Lipinski definition) is 1. The van der Waals surface area contributed by atoms with Crippen LogP contribution in [0.2, 0.25) is 5.02 Å². The first-order valence-electron chi connectivity index (χ1n) is 6.63. The number of amides is 1. The van der Waals surface area contributed by atoms with Crippen LogP contribution in [0.1, 0.15) is 31.1 Å². The molecule has 1 heterocycles. The molecule has 0 aliphatic carbocycles. The van der Waals surface area contributed by atoms with Crippen molar-refractivity contribution in [3.63, 3.8) is 0 Å². The van der Waals surface area contributed by atoms with E-state index >= 15 is 0 Å². The molecule has 5 heteroatoms. The van der Waals surface area contributed by atoms with Gasteiger partial charge < -0.3 is 5.32 Å². The highest BCUT2D eigenvalue weighted by molar-refractivity contribution is 7.16. The Labute approximate surface area is 128 Å². The Morgan fingerprint density at radius 3 is 2.70 bits per heavy atom. The highest BCUT2D eigenvalue weighted by Crippen LogP contribution is 2.31. The van der Waals surface area contributed by atoms with Gasteiger partial charge in [-0.05, 0) is 25.5 Å². The Kier molecular flexibility index (Phi) is 5.15. The third kappa shape index (κ3) is 3.81. The highest BCUT2D eigenvalue weighted by Gasteiger charge is 2.11. The number of anilines is 1. The third-order valence-corrected chi connectivity index (χ3v) is 4.06. The largest absolute Gasteiger partial charge is 0.302 e. The number of halogens is 1. The zero-order valence-electron chi connectivity index (χ0n) is 11.6. The zero-order chi connectivity index (χ0) is 14.5. The minimum atomic E-state index is 0.0308. The van der Waals surface area contributed by atoms with Crippen LogP contribution < -0.4 is 5.32 Å². The van der Waals surface area contributed by atoms with Crippen molar-refractivity contribution in [2.24, 2.45) is 0 Å². The number of rotatable bonds is 5. The molecule has 0 saturated heterocycles. The lowest BCUT2D eigenvalue weighted by Crippen LogP contribution is -2.10. The summed E-state index contributed by atoms with van der Waals surface area (Å²) in [6.45, 7) is 4.07. The number of aryl methyl sites for hydroxylation is 1. The minimum Gasteiger partial charge on any atom is -0.302 e. The number of carbonyl (C=O) groups excluding carboxylic acids is 1. The standard InChI is InChI=1S/C15H17ClN2OS/c1-3-4-5-13(19)17-15-18-14(10(2)20-15)11-6-8-12(16)9-7-11/h6-9H,3-5H2,1-2H3,(H,17,18,19). The van der Waals surface area contributed by atoms with Gasteiger partial charge in [0.25, 0.3) is 0 Å². The Morgan fingerprint density at radius 2 is 2.05 bits per heavy atom. The second-order valence-electron chi connectivity index (χ2n) is 4.58. The summed E-state index contributed by atoms with van der Waals surface area (Å²) in [5, 5.41) is 4.23. The molecule has 2 rings (SSSR count). The van der Waals surface area contributed by atoms with Gasteiger partial charge in [-0.15, -0.1) is 11.3 Å². The monoisotopic (exact) mass is 308 g/mol. The molecule has 0 atom stereocenters. The molecular weight excluding hydrogens is 292 g/mol. The first-order valence-corrected chi connectivity index (χ1v) is 7.83. The van der Waals surface area contributed by atoms with Gasteiger partial charge in [0.2, 0.25) is 5.91 Å². The summed E-state index contributed by atoms with van der Waals surface area (Å²) in [4.78, 5) is 17.3. The smallest absolute Gasteiger partial charge is 0.226 e. The van der Waals surface area contributed by atoms with Crippen molar-refractivity contribution < 1.29 is 4.79 Å². The van der Waals surface area contributed by atoms with Crippen LogP contribution in [-0.4, -0.2) is 10.9 Å². The fraction of sp³-hybridized carbons (Fsp3) is 0.333. The van der Waals surface area contributed by atoms with Crippen LogP contribution in [0, 0.1) is 6.92 Å². The second kappa shape index (κ2) is 6.86. The molecule has 0 spiro atoms. The normalized spacial score (nSPS) is 10.6. The van der Waals surface area contributed by atoms with Gasteiger partial charge in [-0.25, -0.2) is 4.98 Å². The highest BCUT2D eigenvalue weighted by atomic mass is 35.5. The molecular formula is C15H17ClN2OS. The van der Waals surface area contributed by atoms with E-state index in [9.17, 15) is 4.79 Å². The predicted octanol–water partition coefficient (Wildman–Crippen LogP) is 4.90. The summed E-state index contributed by atoms with van der Waals surface area (Å²) in [6.07, 6.45) is 2.46. The van der Waals surface area contributed by atoms with Gasteiger partial charge in [-0.3, -0.25) is 4.79 Å². The van der Waals surface area contributed by atoms with Gasteiger partial charge >= 0.3 is 0 Å². The molecule has 106 valence electrons. The molecule has 0 aliphatic rings. The van der Waals surface area contributed by atoms with Gasteiger partial charge in [-0.2, -0.15) is 0 Å². The molecule has 20 heavy (non-hydrogen) atoms. The molecule has 2 aromatic rings. The van der Waals surface area contributed by atoms with Crippen LogP contribution in [-0.2, 0) is 4.79 Å². The van der Waals surface area contributed by atoms with Gasteiger partial charge in [0.05, 0.1) is 5.69 Å². The van der Waals surface area contributed by atoms with Crippen LogP contribution in [0.25, 0.3) is 11.3 Å². The van der Waals surface area contributed by atoms with Gasteiger partial charge in [0.1, 0.15) is 0 Å². The molecule has 0 unspecified atom stereocenters. The van der Waals surface area contributed by atoms with Crippen LogP contribution in [0.15, 0.2) is 24.3 Å². The van der Waals surface area contributed by atoms with E-state index in [-0.39, 0.29) is 5.91 Å². The van der Waals surface area contributed by atoms with E-state index in [2.05, 4.69) is 17.2 Å². The number of aromatic nitrogens is 1. The molecule has 1 N–H and O–H groups in total. The number of carbonyl (C=O) groups is 1. The maximum Gasteiger partial charge on any atom is 0.226 e. The Hall–Kier alpha value is -1.39. The lowest BCUT2D eigenvalue weighted by molar-refractivity contribution is -0.116. The van der Waals surface area contributed by atoms with Crippen molar-refractivity contribution in [2.75, 3.05) is 5.32 Å². The van der Waals surface area contributed by atoms with E-state index in [0.29, 0.717) is 16.6 Å². The molecule has 0 saturated carbocycles. The number of unbranched alkanes of at least 4 members (excludes halogenated alkanes) is 1. The summed E-state index contributed by atoms with van der Waals surface area (Å²) >= 11 is 7.39. The summed E-state index contributed by atoms with van der Waals surface area (Å²) in [7, 11) is 0. The maximum atomic E-state index is 11.7. The summed E-state index contributed by atoms with van der Waals surface area (Å²) in [6, 6.07) is 7.56. The molecule has 3 nitrogen and oxygen atoms in total. The average molecular weight is 309 g/mol. The molecule has 1 amide bonds. The van der Waals surface area contributed by atoms with Crippen molar-refractivity contribution in [3.05, 3.63) is 34.2 Å². The number of benzene rings is 1. The summed E-state index contributed by atoms with van der Waals surface area (Å²) < 4.78 is 0. The number of nitrogens with one attached hydrogen (secondary N) is 1. The lowest BCUT2D eigenvalue weighted by atomic mass is 10.1. The summed E-state index contributed by atoms with van der Waals surface area (Å²) in [5.41, 5.74) is 1.91. The van der Waals surface area contributed by atoms with E-state index in [1.807, 2.05) is 31.2 Å². The van der Waals surface area contributed by atoms with Gasteiger partial charge in [-0.1, -0.05) is 37.1 Å². The molecule has 0 aliphatic heterocycles. The van der Waals surface area contributed by atoms with E-state index in [1.165, 1.54) is 11.3 Å². The first-order chi connectivity index (χ1) is 9.60. The van der Waals surface area contributed by atoms with Gasteiger partial charge in [0, 0.05) is 21.9 Å². The van der Waals surface area contributed by atoms with Crippen LogP contribution in [0.4, 0.5) is 5.13 Å². The van der Waals surface area contributed by atoms with E-state index in [4.69, 9.17) is 11.6 Å². The SMILES string of the molecule is CCCCC(=O)Nc1nc(-c2ccc(Cl)cc2)c(C)s1. The molecule has 1 aromatic carbocycles. The quantitative estimate of drug-likeness (QED) is 0.853. The minimum absolute atomic E-state index is 0.0308. The van der Waals surface area contributed by atoms with E-state index < -0.39 is 0 Å². The fourth-order valence-corrected chi connectivity index (χ4v) is 2.82. The van der Waals surface area contributed by atoms with Crippen LogP contribution in [0.3, 0.4) is 0 Å². The predicted molar refractivity (Wildman–Crippen MR) is 85.5 cm³/mol. The van der Waals surface area contributed by atoms with Crippen molar-refractivity contribution in [3.8, 4) is 11.3 Å². The Morgan fingerprint density at radius 1 is 1.35 bits per heavy atom. The summed E-state index contributed by atoms with van der Waals surface area (Å²) in [5.74, 6) is 0.0308. The van der Waals surface area contributed by atoms with Crippen LogP contribution >= 0.6 is 22.9 Å². The van der Waals surface area contributed by atoms with Crippen molar-refractivity contribution in [2.45, 2.75) is 33.1 Å². The third-order valence-electron chi connectivity index (χ3n) is 2.92. The molecule has 0 radical (unpaired) electrons. The van der Waals surface area contributed by atoms with E-state index in [0.717, 1.165) is 29.0 Å². The Bertz CT molecular complexity index is 592. The number of thiazole rings is 1. The van der Waals surface area contributed by atoms with Crippen molar-refractivity contribution in [1.29, 1.82) is 0 Å². The van der Waals surface area contributed by atoms with Crippen molar-refractivity contribution >= 4 is 34.0 Å². The van der Waals surface area contributed by atoms with E-state index in [1.54, 1.807) is 0 Å². The second-order valence-corrected chi connectivity index (χ2v) is 6.22. The Balaban J connectivity index is 2.13. The number of nitrogens with zero attached hydrogens (tertiary/aromatic N) is 1. The maximum absolute atomic E-state index is 11.7. The van der Waals surface area contributed by atoms with Crippen molar-refractivity contribution in [1.82, 2.24) is 4.98 Å². The lowest BCUT2D eigenvalue weighted by Gasteiger charge is -2.00. The fourth-order valence-electron chi connectivity index (χ4n) is 1.84. The molecule has 0 fully saturated rings. The topological polar surface area (TPSA) is 42.0 Å². The number of hydrogen-bond acceptors (Lipinski definition) is 3. The van der Waals surface area contributed by atoms with Gasteiger partial charge in [0.15, 0.2) is 5.13 Å². The molecule has 1 aromatic heterocycles. The average Bonchev–Trinajstić information content (AvgIpc) is 2.78. The first kappa shape index (κ1) is 15.0. The zero-order valence-corrected chi connectivity index (χ0v) is 13.1. The molecule has 0 bridgehead atoms. The van der Waals surface area contributed by atoms with Crippen LogP contribution in [0.5, 0.6) is 0 Å².